The van der Waals surface area contributed by atoms with Crippen molar-refractivity contribution in [2.24, 2.45) is 0 Å². The zero-order chi connectivity index (χ0) is 28.0. The Hall–Kier alpha value is -3.11. The van der Waals surface area contributed by atoms with Gasteiger partial charge in [0, 0.05) is 44.6 Å². The van der Waals surface area contributed by atoms with E-state index in [0.717, 1.165) is 50.4 Å². The van der Waals surface area contributed by atoms with E-state index >= 15 is 0 Å². The summed E-state index contributed by atoms with van der Waals surface area (Å²) in [6.07, 6.45) is 8.83. The van der Waals surface area contributed by atoms with Crippen LogP contribution >= 0.6 is 18.7 Å². The van der Waals surface area contributed by atoms with E-state index in [1.54, 1.807) is 31.9 Å². The van der Waals surface area contributed by atoms with Crippen LogP contribution in [0, 0.1) is 6.92 Å². The first-order chi connectivity index (χ1) is 19.2. The van der Waals surface area contributed by atoms with Crippen molar-refractivity contribution in [3.63, 3.8) is 0 Å². The highest BCUT2D eigenvalue weighted by molar-refractivity contribution is 7.71. The molecule has 210 valence electrons. The summed E-state index contributed by atoms with van der Waals surface area (Å²) in [4.78, 5) is 22.8. The number of likely N-dealkylation sites (N-methyl/N-ethyl adjacent to an activating group) is 1. The smallest absolute Gasteiger partial charge is 0.229 e. The molecule has 1 aromatic carbocycles. The van der Waals surface area contributed by atoms with Gasteiger partial charge < -0.3 is 20.1 Å². The van der Waals surface area contributed by atoms with E-state index in [4.69, 9.17) is 11.6 Å². The third-order valence-electron chi connectivity index (χ3n) is 7.93. The van der Waals surface area contributed by atoms with Gasteiger partial charge in [-0.1, -0.05) is 11.6 Å². The summed E-state index contributed by atoms with van der Waals surface area (Å²) in [6, 6.07) is 4.71. The quantitative estimate of drug-likeness (QED) is 0.307. The molecule has 2 fully saturated rings. The van der Waals surface area contributed by atoms with Gasteiger partial charge in [0.25, 0.3) is 0 Å². The Labute approximate surface area is 238 Å². The number of nitrogens with zero attached hydrogens (tertiary/aromatic N) is 8. The number of fused-ring (bicyclic) bond motifs is 1. The molecule has 0 bridgehead atoms. The highest BCUT2D eigenvalue weighted by Gasteiger charge is 2.37. The maximum Gasteiger partial charge on any atom is 0.229 e. The number of nitrogens with one attached hydrogen (secondary N) is 2. The summed E-state index contributed by atoms with van der Waals surface area (Å²) >= 11 is 6.49. The zero-order valence-electron chi connectivity index (χ0n) is 23.2. The Morgan fingerprint density at radius 1 is 0.950 bits per heavy atom. The first-order valence-electron chi connectivity index (χ1n) is 13.5. The van der Waals surface area contributed by atoms with E-state index in [0.29, 0.717) is 50.9 Å². The van der Waals surface area contributed by atoms with Crippen LogP contribution in [0.3, 0.4) is 0 Å². The molecule has 0 atom stereocenters. The number of hydrogen-bond donors (Lipinski definition) is 2. The summed E-state index contributed by atoms with van der Waals surface area (Å²) < 4.78 is 15.4. The number of piperazine rings is 1. The zero-order valence-corrected chi connectivity index (χ0v) is 24.8. The van der Waals surface area contributed by atoms with Crippen LogP contribution in [0.2, 0.25) is 5.02 Å². The van der Waals surface area contributed by atoms with Crippen molar-refractivity contribution in [2.75, 3.05) is 57.2 Å². The van der Waals surface area contributed by atoms with Crippen LogP contribution in [0.4, 0.5) is 23.1 Å². The molecule has 1 aliphatic carbocycles. The van der Waals surface area contributed by atoms with E-state index in [9.17, 15) is 4.57 Å². The fourth-order valence-electron chi connectivity index (χ4n) is 5.59. The Morgan fingerprint density at radius 3 is 2.45 bits per heavy atom. The third kappa shape index (κ3) is 5.31. The Morgan fingerprint density at radius 2 is 1.70 bits per heavy atom. The minimum absolute atomic E-state index is 0.342. The monoisotopic (exact) mass is 580 g/mol. The molecular weight excluding hydrogens is 547 g/mol. The van der Waals surface area contributed by atoms with Crippen LogP contribution in [0.1, 0.15) is 24.6 Å². The normalized spacial score (nSPS) is 20.4. The average Bonchev–Trinajstić information content (AvgIpc) is 3.24. The van der Waals surface area contributed by atoms with Crippen LogP contribution in [-0.2, 0) is 4.57 Å². The minimum atomic E-state index is -2.73. The summed E-state index contributed by atoms with van der Waals surface area (Å²) in [5.41, 5.74) is 3.79. The van der Waals surface area contributed by atoms with Crippen molar-refractivity contribution < 1.29 is 4.57 Å². The lowest BCUT2D eigenvalue weighted by Gasteiger charge is -2.46. The van der Waals surface area contributed by atoms with Crippen LogP contribution in [-0.4, -0.2) is 92.1 Å². The average molecular weight is 581 g/mol. The van der Waals surface area contributed by atoms with Crippen molar-refractivity contribution in [2.45, 2.75) is 31.8 Å². The molecule has 0 unspecified atom stereocenters. The number of halogens is 1. The number of benzene rings is 1. The number of aromatic nitrogens is 6. The van der Waals surface area contributed by atoms with Gasteiger partial charge in [0.1, 0.15) is 17.7 Å². The molecule has 4 aromatic rings. The van der Waals surface area contributed by atoms with Crippen molar-refractivity contribution >= 4 is 58.2 Å². The number of rotatable bonds is 7. The Kier molecular flexibility index (Phi) is 7.25. The number of hydrogen-bond acceptors (Lipinski definition) is 10. The highest BCUT2D eigenvalue weighted by Crippen LogP contribution is 2.41. The Balaban J connectivity index is 1.19. The van der Waals surface area contributed by atoms with Crippen LogP contribution in [0.5, 0.6) is 0 Å². The lowest BCUT2D eigenvalue weighted by molar-refractivity contribution is 0.0400. The molecule has 40 heavy (non-hydrogen) atoms. The largest absolute Gasteiger partial charge is 0.338 e. The standard InChI is InChI=1S/C27H34ClN10OP/c1-17-23(16-32-38(17)19-13-18(14-19)37-11-9-36(2)10-12-37)34-27-31-15-20(28)26(35-27)33-22-6-5-21-24(30-8-7-29-21)25(22)40(3,4)39/h5-8,15-16,18-19H,9-14H2,1-4H3,(H2,31,33,34,35). The van der Waals surface area contributed by atoms with Crippen molar-refractivity contribution in [1.82, 2.24) is 39.5 Å². The van der Waals surface area contributed by atoms with E-state index < -0.39 is 7.14 Å². The fourth-order valence-corrected chi connectivity index (χ4v) is 7.12. The van der Waals surface area contributed by atoms with Gasteiger partial charge >= 0.3 is 0 Å². The van der Waals surface area contributed by atoms with Gasteiger partial charge in [0.05, 0.1) is 46.3 Å². The molecule has 1 saturated carbocycles. The van der Waals surface area contributed by atoms with Crippen LogP contribution in [0.15, 0.2) is 36.9 Å². The van der Waals surface area contributed by atoms with Crippen molar-refractivity contribution in [3.05, 3.63) is 47.6 Å². The molecule has 13 heteroatoms. The second-order valence-corrected chi connectivity index (χ2v) is 14.6. The summed E-state index contributed by atoms with van der Waals surface area (Å²) in [7, 11) is -0.540. The van der Waals surface area contributed by atoms with Crippen molar-refractivity contribution in [1.29, 1.82) is 0 Å². The van der Waals surface area contributed by atoms with E-state index in [1.807, 2.05) is 18.3 Å². The van der Waals surface area contributed by atoms with E-state index in [-0.39, 0.29) is 0 Å². The number of anilines is 4. The molecule has 6 rings (SSSR count). The molecule has 2 N–H and O–H groups in total. The lowest BCUT2D eigenvalue weighted by Crippen LogP contribution is -2.53. The lowest BCUT2D eigenvalue weighted by atomic mass is 9.85. The van der Waals surface area contributed by atoms with Crippen LogP contribution in [0.25, 0.3) is 11.0 Å². The molecular formula is C27H34ClN10OP. The molecule has 0 radical (unpaired) electrons. The predicted molar refractivity (Wildman–Crippen MR) is 160 cm³/mol. The maximum absolute atomic E-state index is 13.3. The first-order valence-corrected chi connectivity index (χ1v) is 16.5. The molecule has 1 aliphatic heterocycles. The van der Waals surface area contributed by atoms with Crippen LogP contribution < -0.4 is 15.9 Å². The maximum atomic E-state index is 13.3. The summed E-state index contributed by atoms with van der Waals surface area (Å²) in [5.74, 6) is 0.785. The third-order valence-corrected chi connectivity index (χ3v) is 9.74. The first kappa shape index (κ1) is 27.1. The van der Waals surface area contributed by atoms with Gasteiger partial charge in [-0.3, -0.25) is 19.5 Å². The van der Waals surface area contributed by atoms with Gasteiger partial charge in [-0.15, -0.1) is 0 Å². The molecule has 0 spiro atoms. The Bertz CT molecular complexity index is 1590. The topological polar surface area (TPSA) is 117 Å². The minimum Gasteiger partial charge on any atom is -0.338 e. The van der Waals surface area contributed by atoms with E-state index in [1.165, 1.54) is 0 Å². The highest BCUT2D eigenvalue weighted by atomic mass is 35.5. The molecule has 4 heterocycles. The van der Waals surface area contributed by atoms with Gasteiger partial charge in [-0.05, 0) is 52.3 Å². The molecule has 11 nitrogen and oxygen atoms in total. The van der Waals surface area contributed by atoms with Gasteiger partial charge in [-0.25, -0.2) is 4.98 Å². The predicted octanol–water partition coefficient (Wildman–Crippen LogP) is 4.26. The fraction of sp³-hybridized carbons (Fsp3) is 0.444. The summed E-state index contributed by atoms with van der Waals surface area (Å²) in [6.45, 7) is 10.1. The van der Waals surface area contributed by atoms with Gasteiger partial charge in [0.15, 0.2) is 5.82 Å². The second kappa shape index (κ2) is 10.7. The van der Waals surface area contributed by atoms with Crippen molar-refractivity contribution in [3.8, 4) is 0 Å². The molecule has 0 amide bonds. The summed E-state index contributed by atoms with van der Waals surface area (Å²) in [5, 5.41) is 12.2. The molecule has 1 saturated heterocycles. The SMILES string of the molecule is Cc1c(Nc2ncc(Cl)c(Nc3ccc4nccnc4c3P(C)(C)=O)n2)cnn1C1CC(N2CCN(C)CC2)C1. The molecule has 2 aliphatic rings. The molecule has 3 aromatic heterocycles. The second-order valence-electron chi connectivity index (χ2n) is 11.1. The van der Waals surface area contributed by atoms with E-state index in [2.05, 4.69) is 64.1 Å². The van der Waals surface area contributed by atoms with Gasteiger partial charge in [0.2, 0.25) is 5.95 Å². The van der Waals surface area contributed by atoms with Gasteiger partial charge in [-0.2, -0.15) is 10.1 Å².